The van der Waals surface area contributed by atoms with Crippen molar-refractivity contribution in [2.45, 2.75) is 91.9 Å². The molecule has 0 heterocycles. The maximum Gasteiger partial charge on any atom is 0.108 e. The third-order valence-electron chi connectivity index (χ3n) is 4.26. The van der Waals surface area contributed by atoms with E-state index in [9.17, 15) is 0 Å². The zero-order chi connectivity index (χ0) is 16.5. The Labute approximate surface area is 148 Å². The summed E-state index contributed by atoms with van der Waals surface area (Å²) < 4.78 is 0. The molecule has 22 heavy (non-hydrogen) atoms. The fourth-order valence-corrected chi connectivity index (χ4v) is 7.86. The normalized spacial score (nSPS) is 11.7. The maximum absolute atomic E-state index is 2.34. The summed E-state index contributed by atoms with van der Waals surface area (Å²) in [7, 11) is 1.51. The van der Waals surface area contributed by atoms with Crippen LogP contribution < -0.4 is 0 Å². The third-order valence-corrected chi connectivity index (χ3v) is 9.46. The van der Waals surface area contributed by atoms with Crippen LogP contribution in [0, 0.1) is 0 Å². The van der Waals surface area contributed by atoms with Gasteiger partial charge in [-0.3, -0.25) is 0 Å². The fourth-order valence-electron chi connectivity index (χ4n) is 2.62. The maximum atomic E-state index is 2.34. The van der Waals surface area contributed by atoms with E-state index in [4.69, 9.17) is 0 Å². The fraction of sp³-hybridized carbons (Fsp3) is 1.00. The van der Waals surface area contributed by atoms with E-state index in [1.165, 1.54) is 87.2 Å². The quantitative estimate of drug-likeness (QED) is 0.217. The van der Waals surface area contributed by atoms with E-state index in [1.807, 2.05) is 0 Å². The second kappa shape index (κ2) is 18.0. The lowest BCUT2D eigenvalue weighted by Gasteiger charge is -2.10. The Hall–Kier alpha value is 0.700. The van der Waals surface area contributed by atoms with Gasteiger partial charge in [0.1, 0.15) is 34.5 Å². The van der Waals surface area contributed by atoms with Crippen LogP contribution in [0.4, 0.5) is 0 Å². The molecule has 0 aromatic heterocycles. The Balaban J connectivity index is 3.88. The molecule has 0 aliphatic rings. The second-order valence-electron chi connectivity index (χ2n) is 6.57. The summed E-state index contributed by atoms with van der Waals surface area (Å²) in [5.74, 6) is 9.17. The molecule has 0 spiro atoms. The summed E-state index contributed by atoms with van der Waals surface area (Å²) >= 11 is 0. The van der Waals surface area contributed by atoms with E-state index < -0.39 is 0 Å². The van der Waals surface area contributed by atoms with Gasteiger partial charge in [0.05, 0.1) is 0 Å². The zero-order valence-corrected chi connectivity index (χ0v) is 17.8. The van der Waals surface area contributed by atoms with Crippen LogP contribution >= 0.6 is 0 Å². The molecule has 0 radical (unpaired) electrons. The first-order valence-corrected chi connectivity index (χ1v) is 13.5. The molecule has 2 heteroatoms. The van der Waals surface area contributed by atoms with Gasteiger partial charge in [-0.05, 0) is 60.3 Å². The summed E-state index contributed by atoms with van der Waals surface area (Å²) in [6.45, 7) is 9.37. The predicted molar refractivity (Wildman–Crippen MR) is 113 cm³/mol. The van der Waals surface area contributed by atoms with Crippen molar-refractivity contribution in [2.75, 3.05) is 34.5 Å². The Kier molecular flexibility index (Phi) is 18.6. The molecule has 0 saturated heterocycles. The largest absolute Gasteiger partial charge is 0.108 e. The monoisotopic (exact) mass is 348 g/mol. The average molecular weight is 349 g/mol. The first-order chi connectivity index (χ1) is 10.8. The minimum atomic E-state index is 0.753. The number of rotatable bonds is 17. The van der Waals surface area contributed by atoms with Gasteiger partial charge in [-0.25, -0.2) is 0 Å². The van der Waals surface area contributed by atoms with Gasteiger partial charge >= 0.3 is 0 Å². The van der Waals surface area contributed by atoms with Gasteiger partial charge in [-0.15, -0.1) is 0 Å². The van der Waals surface area contributed by atoms with Gasteiger partial charge in [0.15, 0.2) is 0 Å². The van der Waals surface area contributed by atoms with Crippen LogP contribution in [0.15, 0.2) is 0 Å². The van der Waals surface area contributed by atoms with E-state index >= 15 is 0 Å². The summed E-state index contributed by atoms with van der Waals surface area (Å²) in [6.07, 6.45) is 14.4. The van der Waals surface area contributed by atoms with Gasteiger partial charge in [0.2, 0.25) is 0 Å². The van der Waals surface area contributed by atoms with Crippen molar-refractivity contribution in [1.29, 1.82) is 0 Å². The van der Waals surface area contributed by atoms with Crippen molar-refractivity contribution in [3.63, 3.8) is 0 Å². The highest BCUT2D eigenvalue weighted by molar-refractivity contribution is 7.97. The van der Waals surface area contributed by atoms with Crippen LogP contribution in [0.3, 0.4) is 0 Å². The number of hydrogen-bond donors (Lipinski definition) is 0. The Morgan fingerprint density at radius 2 is 0.591 bits per heavy atom. The molecule has 0 aliphatic heterocycles. The van der Waals surface area contributed by atoms with Crippen LogP contribution in [0.25, 0.3) is 0 Å². The Morgan fingerprint density at radius 1 is 0.364 bits per heavy atom. The van der Waals surface area contributed by atoms with Gasteiger partial charge in [-0.2, -0.15) is 0 Å². The van der Waals surface area contributed by atoms with Crippen molar-refractivity contribution in [1.82, 2.24) is 0 Å². The lowest BCUT2D eigenvalue weighted by atomic mass is 10.4. The summed E-state index contributed by atoms with van der Waals surface area (Å²) in [5.41, 5.74) is 0. The highest BCUT2D eigenvalue weighted by Gasteiger charge is 2.19. The smallest absolute Gasteiger partial charge is 0.0652 e. The summed E-state index contributed by atoms with van der Waals surface area (Å²) in [4.78, 5) is 0. The van der Waals surface area contributed by atoms with E-state index in [2.05, 4.69) is 27.7 Å². The molecule has 0 unspecified atom stereocenters. The highest BCUT2D eigenvalue weighted by atomic mass is 32.2. The lowest BCUT2D eigenvalue weighted by molar-refractivity contribution is 0.845. The molecule has 0 rings (SSSR count). The molecule has 134 valence electrons. The third kappa shape index (κ3) is 14.3. The molecule has 0 aliphatic carbocycles. The molecule has 0 N–H and O–H groups in total. The first-order valence-electron chi connectivity index (χ1n) is 10.1. The van der Waals surface area contributed by atoms with E-state index in [-0.39, 0.29) is 0 Å². The summed E-state index contributed by atoms with van der Waals surface area (Å²) in [6, 6.07) is 0. The van der Waals surface area contributed by atoms with Crippen LogP contribution in [-0.2, 0) is 21.8 Å². The topological polar surface area (TPSA) is 0 Å². The molecule has 0 atom stereocenters. The Bertz CT molecular complexity index is 168. The molecule has 0 saturated carbocycles. The van der Waals surface area contributed by atoms with Crippen LogP contribution in [0.2, 0.25) is 0 Å². The van der Waals surface area contributed by atoms with Crippen molar-refractivity contribution < 1.29 is 0 Å². The zero-order valence-electron chi connectivity index (χ0n) is 16.1. The van der Waals surface area contributed by atoms with Gasteiger partial charge in [-0.1, -0.05) is 53.4 Å². The van der Waals surface area contributed by atoms with Gasteiger partial charge < -0.3 is 0 Å². The van der Waals surface area contributed by atoms with E-state index in [0.717, 1.165) is 21.8 Å². The molecule has 0 nitrogen and oxygen atoms in total. The molecule has 0 fully saturated rings. The minimum Gasteiger partial charge on any atom is -0.0652 e. The molecule has 0 aromatic carbocycles. The molecular formula is C20H44S2+2. The van der Waals surface area contributed by atoms with Crippen molar-refractivity contribution in [2.24, 2.45) is 0 Å². The van der Waals surface area contributed by atoms with Crippen LogP contribution in [-0.4, -0.2) is 34.5 Å². The molecule has 0 aromatic rings. The standard InChI is InChI=1S/C20H44S2/c1-5-9-15-21(16-10-6-2)19-13-14-20-22(17-11-7-3)18-12-8-4/h5-20H2,1-4H3/q+2. The predicted octanol–water partition coefficient (Wildman–Crippen LogP) is 6.20. The lowest BCUT2D eigenvalue weighted by Crippen LogP contribution is -2.19. The van der Waals surface area contributed by atoms with Crippen LogP contribution in [0.1, 0.15) is 91.9 Å². The highest BCUT2D eigenvalue weighted by Crippen LogP contribution is 2.12. The van der Waals surface area contributed by atoms with Crippen molar-refractivity contribution in [3.8, 4) is 0 Å². The van der Waals surface area contributed by atoms with E-state index in [0.29, 0.717) is 0 Å². The number of unbranched alkanes of at least 4 members (excludes halogenated alkanes) is 5. The summed E-state index contributed by atoms with van der Waals surface area (Å²) in [5, 5.41) is 0. The molecule has 0 amide bonds. The SMILES string of the molecule is CCCC[S+](CCCC)CCCC[S+](CCCC)CCCC. The Morgan fingerprint density at radius 3 is 0.818 bits per heavy atom. The first kappa shape index (κ1) is 22.7. The van der Waals surface area contributed by atoms with Crippen molar-refractivity contribution in [3.05, 3.63) is 0 Å². The van der Waals surface area contributed by atoms with Gasteiger partial charge in [0.25, 0.3) is 0 Å². The van der Waals surface area contributed by atoms with Crippen LogP contribution in [0.5, 0.6) is 0 Å². The number of hydrogen-bond acceptors (Lipinski definition) is 0. The van der Waals surface area contributed by atoms with E-state index in [1.54, 1.807) is 11.5 Å². The van der Waals surface area contributed by atoms with Gasteiger partial charge in [0, 0.05) is 0 Å². The minimum absolute atomic E-state index is 0.753. The second-order valence-corrected chi connectivity index (χ2v) is 11.5. The molecule has 0 bridgehead atoms. The average Bonchev–Trinajstić information content (AvgIpc) is 2.54. The van der Waals surface area contributed by atoms with Crippen molar-refractivity contribution >= 4 is 21.8 Å². The molecular weight excluding hydrogens is 304 g/mol.